The van der Waals surface area contributed by atoms with E-state index >= 15 is 0 Å². The maximum Gasteiger partial charge on any atom is 0.0703 e. The van der Waals surface area contributed by atoms with Crippen LogP contribution in [0.25, 0.3) is 0 Å². The van der Waals surface area contributed by atoms with Gasteiger partial charge in [-0.2, -0.15) is 0 Å². The van der Waals surface area contributed by atoms with E-state index in [1.807, 2.05) is 6.20 Å². The predicted molar refractivity (Wildman–Crippen MR) is 65.4 cm³/mol. The Morgan fingerprint density at radius 1 is 1.25 bits per heavy atom. The van der Waals surface area contributed by atoms with Gasteiger partial charge in [0.1, 0.15) is 0 Å². The third kappa shape index (κ3) is 2.82. The molecule has 0 saturated heterocycles. The van der Waals surface area contributed by atoms with Gasteiger partial charge < -0.3 is 5.11 Å². The van der Waals surface area contributed by atoms with Gasteiger partial charge >= 0.3 is 0 Å². The fourth-order valence-electron chi connectivity index (χ4n) is 2.49. The second-order valence-electron chi connectivity index (χ2n) is 4.97. The molecule has 1 aliphatic carbocycles. The van der Waals surface area contributed by atoms with Crippen LogP contribution in [0.4, 0.5) is 0 Å². The van der Waals surface area contributed by atoms with Crippen molar-refractivity contribution in [1.29, 1.82) is 0 Å². The second-order valence-corrected chi connectivity index (χ2v) is 4.97. The van der Waals surface area contributed by atoms with Crippen LogP contribution in [0, 0.1) is 0 Å². The standard InChI is InChI=1S/C14H21NO/c1-2-12-6-7-13(15-11-12)10-14(16)8-4-3-5-9-14/h6-7,11,16H,2-5,8-10H2,1H3. The van der Waals surface area contributed by atoms with Gasteiger partial charge in [0.2, 0.25) is 0 Å². The number of hydrogen-bond donors (Lipinski definition) is 1. The molecule has 0 bridgehead atoms. The second kappa shape index (κ2) is 4.96. The Morgan fingerprint density at radius 3 is 2.56 bits per heavy atom. The topological polar surface area (TPSA) is 33.1 Å². The molecule has 0 radical (unpaired) electrons. The lowest BCUT2D eigenvalue weighted by Crippen LogP contribution is -2.34. The van der Waals surface area contributed by atoms with Crippen LogP contribution in [0.2, 0.25) is 0 Å². The van der Waals surface area contributed by atoms with Gasteiger partial charge in [0.25, 0.3) is 0 Å². The summed E-state index contributed by atoms with van der Waals surface area (Å²) >= 11 is 0. The van der Waals surface area contributed by atoms with Crippen LogP contribution in [0.3, 0.4) is 0 Å². The molecular formula is C14H21NO. The largest absolute Gasteiger partial charge is 0.389 e. The number of pyridine rings is 1. The van der Waals surface area contributed by atoms with Gasteiger partial charge in [0.15, 0.2) is 0 Å². The first-order valence-electron chi connectivity index (χ1n) is 6.38. The number of aryl methyl sites for hydroxylation is 1. The highest BCUT2D eigenvalue weighted by atomic mass is 16.3. The molecule has 1 aromatic rings. The van der Waals surface area contributed by atoms with Crippen molar-refractivity contribution in [3.63, 3.8) is 0 Å². The number of rotatable bonds is 3. The molecule has 2 heteroatoms. The Balaban J connectivity index is 2.01. The SMILES string of the molecule is CCc1ccc(CC2(O)CCCCC2)nc1. The summed E-state index contributed by atoms with van der Waals surface area (Å²) in [5.41, 5.74) is 1.81. The van der Waals surface area contributed by atoms with Crippen LogP contribution in [0.1, 0.15) is 50.3 Å². The summed E-state index contributed by atoms with van der Waals surface area (Å²) < 4.78 is 0. The van der Waals surface area contributed by atoms with E-state index in [9.17, 15) is 5.11 Å². The molecule has 2 nitrogen and oxygen atoms in total. The van der Waals surface area contributed by atoms with Gasteiger partial charge in [0.05, 0.1) is 5.60 Å². The highest BCUT2D eigenvalue weighted by molar-refractivity contribution is 5.15. The molecule has 1 saturated carbocycles. The Kier molecular flexibility index (Phi) is 3.59. The maximum absolute atomic E-state index is 10.4. The highest BCUT2D eigenvalue weighted by Gasteiger charge is 2.29. The van der Waals surface area contributed by atoms with Gasteiger partial charge in [0, 0.05) is 18.3 Å². The monoisotopic (exact) mass is 219 g/mol. The zero-order chi connectivity index (χ0) is 11.4. The first kappa shape index (κ1) is 11.6. The fourth-order valence-corrected chi connectivity index (χ4v) is 2.49. The summed E-state index contributed by atoms with van der Waals surface area (Å²) in [6.45, 7) is 2.13. The van der Waals surface area contributed by atoms with Crippen molar-refractivity contribution in [3.8, 4) is 0 Å². The summed E-state index contributed by atoms with van der Waals surface area (Å²) in [6.07, 6.45) is 9.13. The van der Waals surface area contributed by atoms with Crippen LogP contribution < -0.4 is 0 Å². The number of nitrogens with zero attached hydrogens (tertiary/aromatic N) is 1. The van der Waals surface area contributed by atoms with Crippen molar-refractivity contribution in [3.05, 3.63) is 29.6 Å². The van der Waals surface area contributed by atoms with E-state index in [0.29, 0.717) is 0 Å². The minimum Gasteiger partial charge on any atom is -0.389 e. The third-order valence-electron chi connectivity index (χ3n) is 3.59. The smallest absolute Gasteiger partial charge is 0.0703 e. The lowest BCUT2D eigenvalue weighted by atomic mass is 9.81. The normalized spacial score (nSPS) is 19.6. The highest BCUT2D eigenvalue weighted by Crippen LogP contribution is 2.30. The van der Waals surface area contributed by atoms with Crippen molar-refractivity contribution < 1.29 is 5.11 Å². The maximum atomic E-state index is 10.4. The summed E-state index contributed by atoms with van der Waals surface area (Å²) in [7, 11) is 0. The molecule has 1 aliphatic rings. The molecule has 0 atom stereocenters. The summed E-state index contributed by atoms with van der Waals surface area (Å²) in [4.78, 5) is 4.43. The van der Waals surface area contributed by atoms with E-state index in [1.165, 1.54) is 12.0 Å². The zero-order valence-electron chi connectivity index (χ0n) is 10.1. The van der Waals surface area contributed by atoms with Crippen LogP contribution in [0.5, 0.6) is 0 Å². The zero-order valence-corrected chi connectivity index (χ0v) is 10.1. The van der Waals surface area contributed by atoms with Crippen molar-refractivity contribution >= 4 is 0 Å². The molecule has 88 valence electrons. The molecule has 16 heavy (non-hydrogen) atoms. The average molecular weight is 219 g/mol. The predicted octanol–water partition coefficient (Wildman–Crippen LogP) is 2.88. The first-order valence-corrected chi connectivity index (χ1v) is 6.38. The lowest BCUT2D eigenvalue weighted by molar-refractivity contribution is 0.00367. The molecular weight excluding hydrogens is 198 g/mol. The molecule has 1 fully saturated rings. The van der Waals surface area contributed by atoms with Crippen LogP contribution >= 0.6 is 0 Å². The van der Waals surface area contributed by atoms with Crippen molar-refractivity contribution in [2.45, 2.75) is 57.5 Å². The molecule has 1 aromatic heterocycles. The van der Waals surface area contributed by atoms with E-state index in [-0.39, 0.29) is 0 Å². The third-order valence-corrected chi connectivity index (χ3v) is 3.59. The Labute approximate surface area is 97.7 Å². The molecule has 0 spiro atoms. The van der Waals surface area contributed by atoms with Crippen molar-refractivity contribution in [2.75, 3.05) is 0 Å². The Bertz CT molecular complexity index is 325. The molecule has 0 unspecified atom stereocenters. The minimum absolute atomic E-state index is 0.487. The van der Waals surface area contributed by atoms with Gasteiger partial charge in [-0.3, -0.25) is 4.98 Å². The molecule has 1 heterocycles. The van der Waals surface area contributed by atoms with E-state index in [4.69, 9.17) is 0 Å². The van der Waals surface area contributed by atoms with E-state index in [2.05, 4.69) is 24.0 Å². The Morgan fingerprint density at radius 2 is 2.00 bits per heavy atom. The van der Waals surface area contributed by atoms with E-state index < -0.39 is 5.60 Å². The fraction of sp³-hybridized carbons (Fsp3) is 0.643. The van der Waals surface area contributed by atoms with E-state index in [1.54, 1.807) is 0 Å². The van der Waals surface area contributed by atoms with Crippen LogP contribution in [-0.4, -0.2) is 15.7 Å². The van der Waals surface area contributed by atoms with Crippen molar-refractivity contribution in [2.24, 2.45) is 0 Å². The molecule has 2 rings (SSSR count). The lowest BCUT2D eigenvalue weighted by Gasteiger charge is -2.31. The Hall–Kier alpha value is -0.890. The summed E-state index contributed by atoms with van der Waals surface area (Å²) in [5, 5.41) is 10.4. The average Bonchev–Trinajstić information content (AvgIpc) is 2.30. The van der Waals surface area contributed by atoms with Crippen LogP contribution in [0.15, 0.2) is 18.3 Å². The number of aliphatic hydroxyl groups is 1. The summed E-state index contributed by atoms with van der Waals surface area (Å²) in [5.74, 6) is 0. The van der Waals surface area contributed by atoms with Gasteiger partial charge in [-0.05, 0) is 30.9 Å². The molecule has 1 N–H and O–H groups in total. The van der Waals surface area contributed by atoms with E-state index in [0.717, 1.165) is 44.2 Å². The van der Waals surface area contributed by atoms with Gasteiger partial charge in [-0.15, -0.1) is 0 Å². The molecule has 0 amide bonds. The molecule has 0 aromatic carbocycles. The number of hydrogen-bond acceptors (Lipinski definition) is 2. The number of aromatic nitrogens is 1. The summed E-state index contributed by atoms with van der Waals surface area (Å²) in [6, 6.07) is 4.18. The van der Waals surface area contributed by atoms with Gasteiger partial charge in [-0.25, -0.2) is 0 Å². The van der Waals surface area contributed by atoms with Crippen LogP contribution in [-0.2, 0) is 12.8 Å². The van der Waals surface area contributed by atoms with Crippen molar-refractivity contribution in [1.82, 2.24) is 4.98 Å². The first-order chi connectivity index (χ1) is 7.72. The van der Waals surface area contributed by atoms with Gasteiger partial charge in [-0.1, -0.05) is 32.3 Å². The molecule has 0 aliphatic heterocycles. The minimum atomic E-state index is -0.487. The quantitative estimate of drug-likeness (QED) is 0.848.